The third-order valence-corrected chi connectivity index (χ3v) is 7.65. The van der Waals surface area contributed by atoms with Gasteiger partial charge >= 0.3 is 0 Å². The largest absolute Gasteiger partial charge is 0.373 e. The molecule has 0 amide bonds. The summed E-state index contributed by atoms with van der Waals surface area (Å²) >= 11 is 1.73. The highest BCUT2D eigenvalue weighted by atomic mass is 32.2. The van der Waals surface area contributed by atoms with Crippen LogP contribution >= 0.6 is 11.8 Å². The Kier molecular flexibility index (Phi) is 5.03. The fourth-order valence-electron chi connectivity index (χ4n) is 5.34. The second-order valence-electron chi connectivity index (χ2n) is 8.74. The SMILES string of the molecule is CSc1ccc([C@@H]2Nc3ccc4ncccc4c3C3=C2C(=O)C[C@H](c2ccccc2)C3)cc1. The summed E-state index contributed by atoms with van der Waals surface area (Å²) in [4.78, 5) is 19.6. The van der Waals surface area contributed by atoms with Crippen molar-refractivity contribution in [1.29, 1.82) is 0 Å². The lowest BCUT2D eigenvalue weighted by Crippen LogP contribution is -2.29. The molecule has 3 aromatic carbocycles. The molecule has 4 aromatic rings. The smallest absolute Gasteiger partial charge is 0.162 e. The summed E-state index contributed by atoms with van der Waals surface area (Å²) in [6.45, 7) is 0. The zero-order chi connectivity index (χ0) is 22.4. The van der Waals surface area contributed by atoms with Gasteiger partial charge in [0.2, 0.25) is 0 Å². The van der Waals surface area contributed by atoms with Crippen LogP contribution in [0.4, 0.5) is 5.69 Å². The number of ketones is 1. The zero-order valence-electron chi connectivity index (χ0n) is 18.4. The number of anilines is 1. The van der Waals surface area contributed by atoms with Gasteiger partial charge in [0, 0.05) is 39.7 Å². The van der Waals surface area contributed by atoms with Crippen molar-refractivity contribution < 1.29 is 4.79 Å². The predicted octanol–water partition coefficient (Wildman–Crippen LogP) is 7.02. The van der Waals surface area contributed by atoms with Crippen LogP contribution in [0.3, 0.4) is 0 Å². The molecule has 1 N–H and O–H groups in total. The standard InChI is InChI=1S/C29H24N2OS/c1-33-21-11-9-19(10-12-21)29-28-23(16-20(17-26(28)32)18-6-3-2-4-7-18)27-22-8-5-15-30-24(22)13-14-25(27)31-29/h2-15,20,29,31H,16-17H2,1H3/t20-,29+/m1/s1. The van der Waals surface area contributed by atoms with Gasteiger partial charge < -0.3 is 5.32 Å². The molecular formula is C29H24N2OS. The Morgan fingerprint density at radius 2 is 1.70 bits per heavy atom. The average Bonchev–Trinajstić information content (AvgIpc) is 2.88. The fraction of sp³-hybridized carbons (Fsp3) is 0.172. The summed E-state index contributed by atoms with van der Waals surface area (Å²) in [5, 5.41) is 4.82. The molecule has 1 aliphatic carbocycles. The van der Waals surface area contributed by atoms with Crippen LogP contribution < -0.4 is 5.32 Å². The van der Waals surface area contributed by atoms with Gasteiger partial charge in [-0.3, -0.25) is 9.78 Å². The topological polar surface area (TPSA) is 42.0 Å². The van der Waals surface area contributed by atoms with E-state index >= 15 is 0 Å². The Morgan fingerprint density at radius 3 is 2.48 bits per heavy atom. The number of nitrogens with one attached hydrogen (secondary N) is 1. The molecule has 2 heterocycles. The van der Waals surface area contributed by atoms with Crippen molar-refractivity contribution in [3.63, 3.8) is 0 Å². The van der Waals surface area contributed by atoms with E-state index in [4.69, 9.17) is 0 Å². The Morgan fingerprint density at radius 1 is 0.879 bits per heavy atom. The number of fused-ring (bicyclic) bond motifs is 4. The van der Waals surface area contributed by atoms with E-state index in [1.165, 1.54) is 16.0 Å². The number of Topliss-reactive ketones (excluding diaryl/α,β-unsaturated/α-hetero) is 1. The van der Waals surface area contributed by atoms with Crippen molar-refractivity contribution in [3.05, 3.63) is 107 Å². The van der Waals surface area contributed by atoms with Crippen LogP contribution in [-0.2, 0) is 4.79 Å². The molecule has 0 spiro atoms. The van der Waals surface area contributed by atoms with Crippen molar-refractivity contribution in [2.75, 3.05) is 11.6 Å². The Bertz CT molecular complexity index is 1390. The molecule has 0 unspecified atom stereocenters. The maximum atomic E-state index is 13.7. The molecule has 2 aliphatic rings. The van der Waals surface area contributed by atoms with Crippen molar-refractivity contribution >= 4 is 39.7 Å². The van der Waals surface area contributed by atoms with Crippen LogP contribution in [0, 0.1) is 0 Å². The number of rotatable bonds is 3. The van der Waals surface area contributed by atoms with Crippen LogP contribution in [-0.4, -0.2) is 17.0 Å². The third-order valence-electron chi connectivity index (χ3n) is 6.90. The summed E-state index contributed by atoms with van der Waals surface area (Å²) in [5.41, 5.74) is 7.63. The van der Waals surface area contributed by atoms with E-state index in [0.717, 1.165) is 39.7 Å². The molecule has 2 atom stereocenters. The Balaban J connectivity index is 1.56. The first-order valence-electron chi connectivity index (χ1n) is 11.3. The van der Waals surface area contributed by atoms with Crippen LogP contribution in [0.15, 0.2) is 95.5 Å². The van der Waals surface area contributed by atoms with E-state index in [1.54, 1.807) is 11.8 Å². The summed E-state index contributed by atoms with van der Waals surface area (Å²) in [5.74, 6) is 0.429. The molecule has 0 fully saturated rings. The second kappa shape index (κ2) is 8.20. The number of aromatic nitrogens is 1. The van der Waals surface area contributed by atoms with Gasteiger partial charge in [0.1, 0.15) is 0 Å². The lowest BCUT2D eigenvalue weighted by molar-refractivity contribution is -0.116. The summed E-state index contributed by atoms with van der Waals surface area (Å²) < 4.78 is 0. The monoisotopic (exact) mass is 448 g/mol. The molecule has 4 heteroatoms. The van der Waals surface area contributed by atoms with E-state index in [9.17, 15) is 4.79 Å². The van der Waals surface area contributed by atoms with Crippen LogP contribution in [0.25, 0.3) is 16.5 Å². The molecule has 0 saturated carbocycles. The minimum Gasteiger partial charge on any atom is -0.373 e. The molecule has 33 heavy (non-hydrogen) atoms. The minimum atomic E-state index is -0.137. The normalized spacial score (nSPS) is 19.7. The maximum absolute atomic E-state index is 13.7. The summed E-state index contributed by atoms with van der Waals surface area (Å²) in [6, 6.07) is 27.2. The number of hydrogen-bond donors (Lipinski definition) is 1. The van der Waals surface area contributed by atoms with Gasteiger partial charge in [-0.05, 0) is 65.6 Å². The number of hydrogen-bond acceptors (Lipinski definition) is 4. The zero-order valence-corrected chi connectivity index (χ0v) is 19.2. The van der Waals surface area contributed by atoms with Crippen molar-refractivity contribution in [1.82, 2.24) is 4.98 Å². The molecule has 6 rings (SSSR count). The number of benzene rings is 3. The molecule has 0 saturated heterocycles. The van der Waals surface area contributed by atoms with E-state index in [2.05, 4.69) is 83.3 Å². The van der Waals surface area contributed by atoms with Crippen molar-refractivity contribution in [2.24, 2.45) is 0 Å². The van der Waals surface area contributed by atoms with Crippen LogP contribution in [0.5, 0.6) is 0 Å². The van der Waals surface area contributed by atoms with Gasteiger partial charge in [-0.1, -0.05) is 48.5 Å². The summed E-state index contributed by atoms with van der Waals surface area (Å²) in [7, 11) is 0. The van der Waals surface area contributed by atoms with Crippen molar-refractivity contribution in [3.8, 4) is 0 Å². The van der Waals surface area contributed by atoms with Crippen molar-refractivity contribution in [2.45, 2.75) is 29.7 Å². The molecule has 0 radical (unpaired) electrons. The number of pyridine rings is 1. The quantitative estimate of drug-likeness (QED) is 0.342. The number of allylic oxidation sites excluding steroid dienone is 1. The molecule has 1 aromatic heterocycles. The Labute approximate surface area is 197 Å². The fourth-order valence-corrected chi connectivity index (χ4v) is 5.74. The van der Waals surface area contributed by atoms with Gasteiger partial charge in [0.15, 0.2) is 5.78 Å². The third kappa shape index (κ3) is 3.46. The first-order valence-corrected chi connectivity index (χ1v) is 12.5. The number of nitrogens with zero attached hydrogens (tertiary/aromatic N) is 1. The lowest BCUT2D eigenvalue weighted by Gasteiger charge is -2.37. The number of thioether (sulfide) groups is 1. The first kappa shape index (κ1) is 20.3. The number of carbonyl (C=O) groups excluding carboxylic acids is 1. The molecule has 0 bridgehead atoms. The second-order valence-corrected chi connectivity index (χ2v) is 9.62. The highest BCUT2D eigenvalue weighted by Crippen LogP contribution is 2.50. The molecule has 3 nitrogen and oxygen atoms in total. The van der Waals surface area contributed by atoms with E-state index in [-0.39, 0.29) is 17.7 Å². The van der Waals surface area contributed by atoms with E-state index in [0.29, 0.717) is 6.42 Å². The van der Waals surface area contributed by atoms with Crippen LogP contribution in [0.2, 0.25) is 0 Å². The van der Waals surface area contributed by atoms with E-state index < -0.39 is 0 Å². The first-order chi connectivity index (χ1) is 16.2. The van der Waals surface area contributed by atoms with Crippen LogP contribution in [0.1, 0.15) is 41.5 Å². The molecule has 162 valence electrons. The minimum absolute atomic E-state index is 0.137. The maximum Gasteiger partial charge on any atom is 0.162 e. The number of carbonyl (C=O) groups is 1. The lowest BCUT2D eigenvalue weighted by atomic mass is 9.72. The van der Waals surface area contributed by atoms with E-state index in [1.807, 2.05) is 18.3 Å². The van der Waals surface area contributed by atoms with Gasteiger partial charge in [-0.2, -0.15) is 0 Å². The molecular weight excluding hydrogens is 424 g/mol. The molecule has 1 aliphatic heterocycles. The highest BCUT2D eigenvalue weighted by Gasteiger charge is 2.38. The van der Waals surface area contributed by atoms with Gasteiger partial charge in [0.25, 0.3) is 0 Å². The van der Waals surface area contributed by atoms with Gasteiger partial charge in [-0.15, -0.1) is 11.8 Å². The Hall–Kier alpha value is -3.37. The average molecular weight is 449 g/mol. The van der Waals surface area contributed by atoms with Gasteiger partial charge in [0.05, 0.1) is 11.6 Å². The van der Waals surface area contributed by atoms with Gasteiger partial charge in [-0.25, -0.2) is 0 Å². The highest BCUT2D eigenvalue weighted by molar-refractivity contribution is 7.98. The predicted molar refractivity (Wildman–Crippen MR) is 137 cm³/mol. The summed E-state index contributed by atoms with van der Waals surface area (Å²) in [6.07, 6.45) is 5.31.